The minimum Gasteiger partial charge on any atom is -0.497 e. The molecule has 5 rings (SSSR count). The largest absolute Gasteiger partial charge is 0.497 e. The van der Waals surface area contributed by atoms with E-state index in [-0.39, 0.29) is 22.8 Å². The normalized spacial score (nSPS) is 14.2. The lowest BCUT2D eigenvalue weighted by atomic mass is 10.1. The van der Waals surface area contributed by atoms with Crippen LogP contribution < -0.4 is 18.9 Å². The number of aromatic nitrogens is 1. The zero-order chi connectivity index (χ0) is 29.6. The number of aryl methyl sites for hydroxylation is 1. The number of halogens is 5. The van der Waals surface area contributed by atoms with Crippen molar-refractivity contribution in [2.75, 3.05) is 7.11 Å². The predicted octanol–water partition coefficient (Wildman–Crippen LogP) is 6.35. The summed E-state index contributed by atoms with van der Waals surface area (Å²) in [7, 11) is 1.55. The summed E-state index contributed by atoms with van der Waals surface area (Å²) in [6.07, 6.45) is 1.68. The third kappa shape index (κ3) is 4.85. The van der Waals surface area contributed by atoms with Crippen molar-refractivity contribution < 1.29 is 50.5 Å². The lowest BCUT2D eigenvalue weighted by Crippen LogP contribution is -2.29. The van der Waals surface area contributed by atoms with E-state index in [0.717, 1.165) is 17.8 Å². The van der Waals surface area contributed by atoms with E-state index in [1.807, 2.05) is 35.9 Å². The molecule has 12 heteroatoms. The fraction of sp³-hybridized carbons (Fsp3) is 0.172. The molecular formula is C29H20F5NO6. The van der Waals surface area contributed by atoms with Gasteiger partial charge in [0.15, 0.2) is 17.6 Å². The Morgan fingerprint density at radius 1 is 0.976 bits per heavy atom. The summed E-state index contributed by atoms with van der Waals surface area (Å²) in [4.78, 5) is 25.5. The van der Waals surface area contributed by atoms with Crippen molar-refractivity contribution in [2.24, 2.45) is 0 Å². The summed E-state index contributed by atoms with van der Waals surface area (Å²) in [5.74, 6) is -13.9. The van der Waals surface area contributed by atoms with E-state index >= 15 is 0 Å². The fourth-order valence-electron chi connectivity index (χ4n) is 4.29. The average Bonchev–Trinajstić information content (AvgIpc) is 3.48. The standard InChI is InChI=1S/C29H20F5NO6/c1-4-35-12-14(18-10-15(38-3)6-8-19(18)35)9-21-27(36)17-7-5-16(11-20(17)41-21)40-29(37)13(2)39-28-25(33)23(31)22(30)24(32)26(28)34/h5-13H,4H2,1-3H3/b21-9-. The van der Waals surface area contributed by atoms with Crippen molar-refractivity contribution in [2.45, 2.75) is 26.5 Å². The van der Waals surface area contributed by atoms with Gasteiger partial charge < -0.3 is 23.5 Å². The molecule has 0 aliphatic carbocycles. The molecule has 0 N–H and O–H groups in total. The first-order chi connectivity index (χ1) is 19.5. The van der Waals surface area contributed by atoms with Crippen LogP contribution in [0.3, 0.4) is 0 Å². The Labute approximate surface area is 229 Å². The van der Waals surface area contributed by atoms with E-state index in [1.54, 1.807) is 13.2 Å². The SMILES string of the molecule is CCn1cc(/C=C2\Oc3cc(OC(=O)C(C)Oc4c(F)c(F)c(F)c(F)c4F)ccc3C2=O)c2cc(OC)ccc21. The van der Waals surface area contributed by atoms with Gasteiger partial charge in [-0.25, -0.2) is 18.0 Å². The van der Waals surface area contributed by atoms with Gasteiger partial charge in [0.25, 0.3) is 0 Å². The molecule has 1 aliphatic heterocycles. The quantitative estimate of drug-likeness (QED) is 0.0640. The number of carbonyl (C=O) groups is 2. The van der Waals surface area contributed by atoms with Crippen LogP contribution >= 0.6 is 0 Å². The Morgan fingerprint density at radius 2 is 1.63 bits per heavy atom. The summed E-state index contributed by atoms with van der Waals surface area (Å²) in [5, 5.41) is 0.837. The molecular weight excluding hydrogens is 553 g/mol. The van der Waals surface area contributed by atoms with Gasteiger partial charge in [-0.2, -0.15) is 8.78 Å². The molecule has 0 amide bonds. The maximum absolute atomic E-state index is 13.9. The van der Waals surface area contributed by atoms with Gasteiger partial charge in [-0.1, -0.05) is 0 Å². The maximum atomic E-state index is 13.9. The molecule has 1 aliphatic rings. The van der Waals surface area contributed by atoms with Crippen LogP contribution in [0.2, 0.25) is 0 Å². The highest BCUT2D eigenvalue weighted by molar-refractivity contribution is 6.15. The number of ether oxygens (including phenoxy) is 4. The van der Waals surface area contributed by atoms with E-state index < -0.39 is 52.7 Å². The van der Waals surface area contributed by atoms with E-state index in [0.29, 0.717) is 17.9 Å². The number of Topliss-reactive ketones (excluding diaryl/α,β-unsaturated/α-hetero) is 1. The first-order valence-electron chi connectivity index (χ1n) is 12.2. The fourth-order valence-corrected chi connectivity index (χ4v) is 4.29. The van der Waals surface area contributed by atoms with Crippen LogP contribution in [0.4, 0.5) is 22.0 Å². The van der Waals surface area contributed by atoms with Crippen LogP contribution in [0.5, 0.6) is 23.0 Å². The molecule has 4 aromatic rings. The van der Waals surface area contributed by atoms with Gasteiger partial charge in [0.2, 0.25) is 34.9 Å². The molecule has 0 saturated heterocycles. The average molecular weight is 573 g/mol. The second-order valence-electron chi connectivity index (χ2n) is 8.93. The second kappa shape index (κ2) is 10.6. The number of ketones is 1. The molecule has 2 heterocycles. The Hall–Kier alpha value is -4.87. The third-order valence-corrected chi connectivity index (χ3v) is 6.40. The number of hydrogen-bond donors (Lipinski definition) is 0. The van der Waals surface area contributed by atoms with Crippen molar-refractivity contribution in [3.05, 3.63) is 88.6 Å². The van der Waals surface area contributed by atoms with Gasteiger partial charge in [-0.3, -0.25) is 4.79 Å². The molecule has 1 unspecified atom stereocenters. The van der Waals surface area contributed by atoms with E-state index in [1.165, 1.54) is 18.2 Å². The minimum atomic E-state index is -2.36. The third-order valence-electron chi connectivity index (χ3n) is 6.40. The van der Waals surface area contributed by atoms with Crippen LogP contribution in [0.1, 0.15) is 29.8 Å². The predicted molar refractivity (Wildman–Crippen MR) is 135 cm³/mol. The number of methoxy groups -OCH3 is 1. The Balaban J connectivity index is 1.36. The van der Waals surface area contributed by atoms with E-state index in [9.17, 15) is 31.5 Å². The smallest absolute Gasteiger partial charge is 0.352 e. The van der Waals surface area contributed by atoms with Gasteiger partial charge in [0.1, 0.15) is 17.2 Å². The number of rotatable bonds is 7. The zero-order valence-corrected chi connectivity index (χ0v) is 21.7. The van der Waals surface area contributed by atoms with Crippen LogP contribution in [-0.4, -0.2) is 29.5 Å². The summed E-state index contributed by atoms with van der Waals surface area (Å²) < 4.78 is 90.9. The highest BCUT2D eigenvalue weighted by atomic mass is 19.2. The van der Waals surface area contributed by atoms with Gasteiger partial charge in [-0.15, -0.1) is 0 Å². The molecule has 7 nitrogen and oxygen atoms in total. The Morgan fingerprint density at radius 3 is 2.29 bits per heavy atom. The second-order valence-corrected chi connectivity index (χ2v) is 8.93. The summed E-state index contributed by atoms with van der Waals surface area (Å²) in [5.41, 5.74) is 1.83. The molecule has 1 atom stereocenters. The highest BCUT2D eigenvalue weighted by Gasteiger charge is 2.31. The number of carbonyl (C=O) groups excluding carboxylic acids is 2. The molecule has 3 aromatic carbocycles. The molecule has 0 radical (unpaired) electrons. The van der Waals surface area contributed by atoms with Crippen LogP contribution in [0.15, 0.2) is 48.4 Å². The lowest BCUT2D eigenvalue weighted by Gasteiger charge is -2.15. The molecule has 0 saturated carbocycles. The molecule has 1 aromatic heterocycles. The number of esters is 1. The highest BCUT2D eigenvalue weighted by Crippen LogP contribution is 2.37. The monoisotopic (exact) mass is 573 g/mol. The van der Waals surface area contributed by atoms with Crippen LogP contribution in [0.25, 0.3) is 17.0 Å². The van der Waals surface area contributed by atoms with Crippen molar-refractivity contribution in [3.8, 4) is 23.0 Å². The van der Waals surface area contributed by atoms with Gasteiger partial charge in [-0.05, 0) is 50.3 Å². The lowest BCUT2D eigenvalue weighted by molar-refractivity contribution is -0.141. The maximum Gasteiger partial charge on any atom is 0.352 e. The summed E-state index contributed by atoms with van der Waals surface area (Å²) in [6.45, 7) is 3.66. The van der Waals surface area contributed by atoms with E-state index in [4.69, 9.17) is 18.9 Å². The number of nitrogens with zero attached hydrogens (tertiary/aromatic N) is 1. The first kappa shape index (κ1) is 27.7. The topological polar surface area (TPSA) is 76.0 Å². The van der Waals surface area contributed by atoms with Crippen molar-refractivity contribution >= 4 is 28.7 Å². The number of benzene rings is 3. The van der Waals surface area contributed by atoms with E-state index in [2.05, 4.69) is 0 Å². The van der Waals surface area contributed by atoms with Gasteiger partial charge >= 0.3 is 5.97 Å². The number of allylic oxidation sites excluding steroid dienone is 1. The molecule has 0 bridgehead atoms. The molecule has 0 fully saturated rings. The first-order valence-corrected chi connectivity index (χ1v) is 12.2. The van der Waals surface area contributed by atoms with Crippen molar-refractivity contribution in [3.63, 3.8) is 0 Å². The van der Waals surface area contributed by atoms with Crippen molar-refractivity contribution in [1.82, 2.24) is 4.57 Å². The number of hydrogen-bond acceptors (Lipinski definition) is 6. The summed E-state index contributed by atoms with van der Waals surface area (Å²) >= 11 is 0. The summed E-state index contributed by atoms with van der Waals surface area (Å²) in [6, 6.07) is 9.46. The Kier molecular flexibility index (Phi) is 7.16. The molecule has 41 heavy (non-hydrogen) atoms. The van der Waals surface area contributed by atoms with Crippen LogP contribution in [0, 0.1) is 29.1 Å². The van der Waals surface area contributed by atoms with Gasteiger partial charge in [0.05, 0.1) is 12.7 Å². The number of fused-ring (bicyclic) bond motifs is 2. The molecule has 0 spiro atoms. The zero-order valence-electron chi connectivity index (χ0n) is 21.7. The molecule has 212 valence electrons. The minimum absolute atomic E-state index is 0.0180. The van der Waals surface area contributed by atoms with Crippen molar-refractivity contribution in [1.29, 1.82) is 0 Å². The van der Waals surface area contributed by atoms with Crippen LogP contribution in [-0.2, 0) is 11.3 Å². The Bertz CT molecular complexity index is 1730. The van der Waals surface area contributed by atoms with Gasteiger partial charge in [0, 0.05) is 35.3 Å².